The Balaban J connectivity index is 2.54. The SMILES string of the molecule is CCC(C)(C)N1C=NCC1. The minimum Gasteiger partial charge on any atom is -0.356 e. The van der Waals surface area contributed by atoms with Crippen LogP contribution in [0.2, 0.25) is 0 Å². The molecule has 2 heteroatoms. The van der Waals surface area contributed by atoms with Gasteiger partial charge in [0.05, 0.1) is 12.9 Å². The first kappa shape index (κ1) is 7.58. The van der Waals surface area contributed by atoms with E-state index in [9.17, 15) is 0 Å². The van der Waals surface area contributed by atoms with E-state index >= 15 is 0 Å². The second kappa shape index (κ2) is 2.60. The summed E-state index contributed by atoms with van der Waals surface area (Å²) >= 11 is 0. The Hall–Kier alpha value is -0.530. The Morgan fingerprint density at radius 2 is 2.30 bits per heavy atom. The van der Waals surface area contributed by atoms with Gasteiger partial charge in [-0.2, -0.15) is 0 Å². The molecule has 0 saturated heterocycles. The van der Waals surface area contributed by atoms with E-state index in [1.807, 2.05) is 6.34 Å². The highest BCUT2D eigenvalue weighted by Gasteiger charge is 2.23. The number of hydrogen-bond acceptors (Lipinski definition) is 2. The Kier molecular flexibility index (Phi) is 1.97. The summed E-state index contributed by atoms with van der Waals surface area (Å²) in [6, 6.07) is 0. The van der Waals surface area contributed by atoms with Gasteiger partial charge in [-0.1, -0.05) is 6.92 Å². The third-order valence-corrected chi connectivity index (χ3v) is 2.33. The van der Waals surface area contributed by atoms with E-state index in [1.165, 1.54) is 6.42 Å². The van der Waals surface area contributed by atoms with Crippen LogP contribution in [0.5, 0.6) is 0 Å². The lowest BCUT2D eigenvalue weighted by atomic mass is 10.0. The van der Waals surface area contributed by atoms with Gasteiger partial charge in [0.25, 0.3) is 0 Å². The first-order valence-corrected chi connectivity index (χ1v) is 3.93. The second-order valence-corrected chi connectivity index (χ2v) is 3.38. The van der Waals surface area contributed by atoms with Gasteiger partial charge >= 0.3 is 0 Å². The van der Waals surface area contributed by atoms with Crippen molar-refractivity contribution >= 4 is 6.34 Å². The third-order valence-electron chi connectivity index (χ3n) is 2.33. The van der Waals surface area contributed by atoms with Crippen molar-refractivity contribution in [3.05, 3.63) is 0 Å². The minimum atomic E-state index is 0.306. The van der Waals surface area contributed by atoms with Gasteiger partial charge in [-0.05, 0) is 20.3 Å². The molecule has 0 aromatic rings. The van der Waals surface area contributed by atoms with Crippen LogP contribution >= 0.6 is 0 Å². The first-order valence-electron chi connectivity index (χ1n) is 3.93. The van der Waals surface area contributed by atoms with Gasteiger partial charge in [0.15, 0.2) is 0 Å². The molecule has 58 valence electrons. The molecule has 0 unspecified atom stereocenters. The van der Waals surface area contributed by atoms with Crippen LogP contribution in [0.25, 0.3) is 0 Å². The molecule has 0 amide bonds. The fraction of sp³-hybridized carbons (Fsp3) is 0.875. The molecule has 0 aromatic heterocycles. The second-order valence-electron chi connectivity index (χ2n) is 3.38. The van der Waals surface area contributed by atoms with Crippen molar-refractivity contribution in [1.29, 1.82) is 0 Å². The highest BCUT2D eigenvalue weighted by Crippen LogP contribution is 2.17. The minimum absolute atomic E-state index is 0.306. The number of aliphatic imine (C=N–C) groups is 1. The van der Waals surface area contributed by atoms with E-state index in [4.69, 9.17) is 0 Å². The predicted octanol–water partition coefficient (Wildman–Crippen LogP) is 1.52. The van der Waals surface area contributed by atoms with Gasteiger partial charge in [-0.3, -0.25) is 4.99 Å². The van der Waals surface area contributed by atoms with Crippen LogP contribution in [0.1, 0.15) is 27.2 Å². The predicted molar refractivity (Wildman–Crippen MR) is 44.4 cm³/mol. The molecular weight excluding hydrogens is 124 g/mol. The van der Waals surface area contributed by atoms with Gasteiger partial charge in [0.2, 0.25) is 0 Å². The maximum atomic E-state index is 4.18. The van der Waals surface area contributed by atoms with Crippen LogP contribution in [0.3, 0.4) is 0 Å². The molecule has 0 aliphatic carbocycles. The molecule has 0 spiro atoms. The topological polar surface area (TPSA) is 15.6 Å². The summed E-state index contributed by atoms with van der Waals surface area (Å²) in [5.41, 5.74) is 0.306. The maximum Gasteiger partial charge on any atom is 0.0855 e. The lowest BCUT2D eigenvalue weighted by molar-refractivity contribution is 0.231. The molecule has 1 aliphatic rings. The van der Waals surface area contributed by atoms with Crippen molar-refractivity contribution in [3.8, 4) is 0 Å². The van der Waals surface area contributed by atoms with Crippen molar-refractivity contribution in [1.82, 2.24) is 4.90 Å². The smallest absolute Gasteiger partial charge is 0.0855 e. The lowest BCUT2D eigenvalue weighted by Gasteiger charge is -2.33. The summed E-state index contributed by atoms with van der Waals surface area (Å²) in [5.74, 6) is 0. The molecule has 1 heterocycles. The quantitative estimate of drug-likeness (QED) is 0.568. The maximum absolute atomic E-state index is 4.18. The lowest BCUT2D eigenvalue weighted by Crippen LogP contribution is -2.41. The zero-order chi connectivity index (χ0) is 7.61. The summed E-state index contributed by atoms with van der Waals surface area (Å²) in [7, 11) is 0. The largest absolute Gasteiger partial charge is 0.356 e. The summed E-state index contributed by atoms with van der Waals surface area (Å²) in [6.45, 7) is 8.80. The Morgan fingerprint density at radius 1 is 1.60 bits per heavy atom. The summed E-state index contributed by atoms with van der Waals surface area (Å²) in [6.07, 6.45) is 3.16. The van der Waals surface area contributed by atoms with Gasteiger partial charge in [0, 0.05) is 12.1 Å². The molecule has 10 heavy (non-hydrogen) atoms. The molecule has 0 fully saturated rings. The van der Waals surface area contributed by atoms with E-state index in [-0.39, 0.29) is 0 Å². The molecule has 1 rings (SSSR count). The van der Waals surface area contributed by atoms with Crippen LogP contribution < -0.4 is 0 Å². The highest BCUT2D eigenvalue weighted by molar-refractivity contribution is 5.58. The van der Waals surface area contributed by atoms with Gasteiger partial charge in [-0.15, -0.1) is 0 Å². The molecule has 0 radical (unpaired) electrons. The van der Waals surface area contributed by atoms with Crippen LogP contribution in [0.15, 0.2) is 4.99 Å². The van der Waals surface area contributed by atoms with Crippen LogP contribution in [-0.4, -0.2) is 29.9 Å². The molecular formula is C8H16N2. The zero-order valence-corrected chi connectivity index (χ0v) is 7.09. The number of hydrogen-bond donors (Lipinski definition) is 0. The normalized spacial score (nSPS) is 18.5. The van der Waals surface area contributed by atoms with Crippen molar-refractivity contribution < 1.29 is 0 Å². The Bertz CT molecular complexity index is 138. The van der Waals surface area contributed by atoms with Gasteiger partial charge < -0.3 is 4.90 Å². The first-order chi connectivity index (χ1) is 4.67. The molecule has 0 N–H and O–H groups in total. The van der Waals surface area contributed by atoms with E-state index in [2.05, 4.69) is 30.7 Å². The molecule has 0 bridgehead atoms. The van der Waals surface area contributed by atoms with Crippen LogP contribution in [0, 0.1) is 0 Å². The Labute approximate surface area is 62.9 Å². The highest BCUT2D eigenvalue weighted by atomic mass is 15.2. The fourth-order valence-electron chi connectivity index (χ4n) is 1.04. The molecule has 1 aliphatic heterocycles. The number of nitrogens with zero attached hydrogens (tertiary/aromatic N) is 2. The van der Waals surface area contributed by atoms with Crippen LogP contribution in [-0.2, 0) is 0 Å². The van der Waals surface area contributed by atoms with E-state index < -0.39 is 0 Å². The monoisotopic (exact) mass is 140 g/mol. The molecule has 0 saturated carbocycles. The van der Waals surface area contributed by atoms with Gasteiger partial charge in [-0.25, -0.2) is 0 Å². The van der Waals surface area contributed by atoms with Crippen molar-refractivity contribution in [2.75, 3.05) is 13.1 Å². The molecule has 2 nitrogen and oxygen atoms in total. The summed E-state index contributed by atoms with van der Waals surface area (Å²) < 4.78 is 0. The van der Waals surface area contributed by atoms with E-state index in [1.54, 1.807) is 0 Å². The average molecular weight is 140 g/mol. The van der Waals surface area contributed by atoms with E-state index in [0.29, 0.717) is 5.54 Å². The van der Waals surface area contributed by atoms with Gasteiger partial charge in [0.1, 0.15) is 0 Å². The van der Waals surface area contributed by atoms with Crippen LogP contribution in [0.4, 0.5) is 0 Å². The third kappa shape index (κ3) is 1.31. The number of rotatable bonds is 2. The van der Waals surface area contributed by atoms with Crippen molar-refractivity contribution in [2.24, 2.45) is 4.99 Å². The van der Waals surface area contributed by atoms with Crippen molar-refractivity contribution in [3.63, 3.8) is 0 Å². The standard InChI is InChI=1S/C8H16N2/c1-4-8(2,3)10-6-5-9-7-10/h7H,4-6H2,1-3H3. The fourth-order valence-corrected chi connectivity index (χ4v) is 1.04. The summed E-state index contributed by atoms with van der Waals surface area (Å²) in [4.78, 5) is 6.49. The average Bonchev–Trinajstić information content (AvgIpc) is 2.38. The zero-order valence-electron chi connectivity index (χ0n) is 7.09. The Morgan fingerprint density at radius 3 is 2.70 bits per heavy atom. The molecule has 0 aromatic carbocycles. The van der Waals surface area contributed by atoms with E-state index in [0.717, 1.165) is 13.1 Å². The summed E-state index contributed by atoms with van der Waals surface area (Å²) in [5, 5.41) is 0. The van der Waals surface area contributed by atoms with Crippen molar-refractivity contribution in [2.45, 2.75) is 32.7 Å². The molecule has 0 atom stereocenters.